The van der Waals surface area contributed by atoms with Gasteiger partial charge in [-0.3, -0.25) is 4.90 Å². The summed E-state index contributed by atoms with van der Waals surface area (Å²) in [5.41, 5.74) is 0.220. The Balaban J connectivity index is 1.79. The van der Waals surface area contributed by atoms with Crippen molar-refractivity contribution in [3.05, 3.63) is 35.4 Å². The average molecular weight is 280 g/mol. The Morgan fingerprint density at radius 3 is 2.50 bits per heavy atom. The first-order valence-electron chi connectivity index (χ1n) is 7.60. The van der Waals surface area contributed by atoms with Gasteiger partial charge in [0, 0.05) is 30.2 Å². The Kier molecular flexibility index (Phi) is 4.03. The van der Waals surface area contributed by atoms with E-state index in [0.717, 1.165) is 32.4 Å². The summed E-state index contributed by atoms with van der Waals surface area (Å²) in [5, 5.41) is 3.48. The Morgan fingerprint density at radius 1 is 1.25 bits per heavy atom. The molecule has 3 rings (SSSR count). The molecule has 1 aromatic carbocycles. The highest BCUT2D eigenvalue weighted by Crippen LogP contribution is 2.36. The molecule has 2 unspecified atom stereocenters. The molecule has 1 aliphatic heterocycles. The van der Waals surface area contributed by atoms with Gasteiger partial charge in [-0.05, 0) is 51.3 Å². The predicted molar refractivity (Wildman–Crippen MR) is 75.5 cm³/mol. The van der Waals surface area contributed by atoms with Gasteiger partial charge in [-0.25, -0.2) is 8.78 Å². The van der Waals surface area contributed by atoms with Gasteiger partial charge in [0.1, 0.15) is 11.6 Å². The molecule has 0 aromatic heterocycles. The van der Waals surface area contributed by atoms with Gasteiger partial charge in [0.05, 0.1) is 0 Å². The lowest BCUT2D eigenvalue weighted by molar-refractivity contribution is 0.175. The number of halogens is 2. The maximum absolute atomic E-state index is 14.0. The van der Waals surface area contributed by atoms with E-state index >= 15 is 0 Å². The summed E-state index contributed by atoms with van der Waals surface area (Å²) in [6.45, 7) is 3.87. The molecule has 2 atom stereocenters. The van der Waals surface area contributed by atoms with Gasteiger partial charge in [0.2, 0.25) is 0 Å². The van der Waals surface area contributed by atoms with Crippen LogP contribution in [0.1, 0.15) is 44.2 Å². The standard InChI is InChI=1S/C16H22F2N2/c1-11(16-14(17)5-2-6-15(16)18)20(13-7-8-13)10-12-4-3-9-19-12/h2,5-6,11-13,19H,3-4,7-10H2,1H3. The fourth-order valence-corrected chi connectivity index (χ4v) is 3.27. The van der Waals surface area contributed by atoms with Crippen LogP contribution < -0.4 is 5.32 Å². The summed E-state index contributed by atoms with van der Waals surface area (Å²) in [6.07, 6.45) is 4.65. The zero-order chi connectivity index (χ0) is 14.1. The normalized spacial score (nSPS) is 24.3. The van der Waals surface area contributed by atoms with Crippen molar-refractivity contribution in [2.24, 2.45) is 0 Å². The van der Waals surface area contributed by atoms with Crippen LogP contribution in [0.25, 0.3) is 0 Å². The van der Waals surface area contributed by atoms with E-state index in [4.69, 9.17) is 0 Å². The molecule has 110 valence electrons. The molecule has 0 amide bonds. The second-order valence-electron chi connectivity index (χ2n) is 6.03. The van der Waals surface area contributed by atoms with E-state index in [1.807, 2.05) is 6.92 Å². The van der Waals surface area contributed by atoms with E-state index in [2.05, 4.69) is 10.2 Å². The van der Waals surface area contributed by atoms with E-state index in [-0.39, 0.29) is 11.6 Å². The van der Waals surface area contributed by atoms with Gasteiger partial charge < -0.3 is 5.32 Å². The maximum Gasteiger partial charge on any atom is 0.130 e. The number of rotatable bonds is 5. The number of hydrogen-bond acceptors (Lipinski definition) is 2. The van der Waals surface area contributed by atoms with Gasteiger partial charge in [0.15, 0.2) is 0 Å². The highest BCUT2D eigenvalue weighted by atomic mass is 19.1. The fourth-order valence-electron chi connectivity index (χ4n) is 3.27. The molecule has 0 spiro atoms. The van der Waals surface area contributed by atoms with Crippen LogP contribution in [-0.4, -0.2) is 30.1 Å². The largest absolute Gasteiger partial charge is 0.313 e. The van der Waals surface area contributed by atoms with Crippen LogP contribution in [0.2, 0.25) is 0 Å². The zero-order valence-corrected chi connectivity index (χ0v) is 11.9. The molecule has 4 heteroatoms. The topological polar surface area (TPSA) is 15.3 Å². The van der Waals surface area contributed by atoms with Crippen molar-refractivity contribution < 1.29 is 8.78 Å². The van der Waals surface area contributed by atoms with Crippen LogP contribution >= 0.6 is 0 Å². The average Bonchev–Trinajstić information content (AvgIpc) is 3.12. The van der Waals surface area contributed by atoms with Crippen LogP contribution in [0.4, 0.5) is 8.78 Å². The Bertz CT molecular complexity index is 447. The second kappa shape index (κ2) is 5.78. The van der Waals surface area contributed by atoms with Crippen molar-refractivity contribution in [2.75, 3.05) is 13.1 Å². The SMILES string of the molecule is CC(c1c(F)cccc1F)N(CC1CCCN1)C1CC1. The van der Waals surface area contributed by atoms with E-state index in [9.17, 15) is 8.78 Å². The number of hydrogen-bond donors (Lipinski definition) is 1. The lowest BCUT2D eigenvalue weighted by Gasteiger charge is -2.32. The minimum atomic E-state index is -0.428. The fraction of sp³-hybridized carbons (Fsp3) is 0.625. The maximum atomic E-state index is 14.0. The molecule has 1 heterocycles. The van der Waals surface area contributed by atoms with Crippen molar-refractivity contribution in [3.63, 3.8) is 0 Å². The first-order valence-corrected chi connectivity index (χ1v) is 7.60. The minimum absolute atomic E-state index is 0.203. The van der Waals surface area contributed by atoms with Crippen LogP contribution in [0.3, 0.4) is 0 Å². The molecule has 1 saturated carbocycles. The molecule has 1 N–H and O–H groups in total. The van der Waals surface area contributed by atoms with Crippen molar-refractivity contribution in [1.29, 1.82) is 0 Å². The number of nitrogens with one attached hydrogen (secondary N) is 1. The Hall–Kier alpha value is -1.00. The monoisotopic (exact) mass is 280 g/mol. The molecule has 1 saturated heterocycles. The van der Waals surface area contributed by atoms with Crippen molar-refractivity contribution in [1.82, 2.24) is 10.2 Å². The minimum Gasteiger partial charge on any atom is -0.313 e. The molecule has 2 fully saturated rings. The first-order chi connectivity index (χ1) is 9.66. The third kappa shape index (κ3) is 2.86. The molecular weight excluding hydrogens is 258 g/mol. The summed E-state index contributed by atoms with van der Waals surface area (Å²) in [6, 6.07) is 4.90. The second-order valence-corrected chi connectivity index (χ2v) is 6.03. The van der Waals surface area contributed by atoms with Crippen molar-refractivity contribution >= 4 is 0 Å². The van der Waals surface area contributed by atoms with Crippen molar-refractivity contribution in [2.45, 2.75) is 50.7 Å². The molecule has 1 aliphatic carbocycles. The Labute approximate surface area is 119 Å². The van der Waals surface area contributed by atoms with Crippen molar-refractivity contribution in [3.8, 4) is 0 Å². The molecule has 0 radical (unpaired) electrons. The lowest BCUT2D eigenvalue weighted by Crippen LogP contribution is -2.40. The van der Waals surface area contributed by atoms with E-state index in [0.29, 0.717) is 12.1 Å². The van der Waals surface area contributed by atoms with Crippen LogP contribution in [0.15, 0.2) is 18.2 Å². The van der Waals surface area contributed by atoms with Gasteiger partial charge >= 0.3 is 0 Å². The smallest absolute Gasteiger partial charge is 0.130 e. The molecule has 2 nitrogen and oxygen atoms in total. The molecule has 0 bridgehead atoms. The quantitative estimate of drug-likeness (QED) is 0.890. The van der Waals surface area contributed by atoms with E-state index < -0.39 is 11.6 Å². The molecule has 2 aliphatic rings. The highest BCUT2D eigenvalue weighted by Gasteiger charge is 2.36. The Morgan fingerprint density at radius 2 is 1.95 bits per heavy atom. The van der Waals surface area contributed by atoms with Gasteiger partial charge in [-0.15, -0.1) is 0 Å². The highest BCUT2D eigenvalue weighted by molar-refractivity contribution is 5.23. The number of nitrogens with zero attached hydrogens (tertiary/aromatic N) is 1. The van der Waals surface area contributed by atoms with E-state index in [1.54, 1.807) is 0 Å². The van der Waals surface area contributed by atoms with Crippen LogP contribution in [-0.2, 0) is 0 Å². The van der Waals surface area contributed by atoms with Crippen LogP contribution in [0, 0.1) is 11.6 Å². The summed E-state index contributed by atoms with van der Waals surface area (Å²) in [5.74, 6) is -0.856. The summed E-state index contributed by atoms with van der Waals surface area (Å²) >= 11 is 0. The third-order valence-corrected chi connectivity index (χ3v) is 4.52. The third-order valence-electron chi connectivity index (χ3n) is 4.52. The van der Waals surface area contributed by atoms with Gasteiger partial charge in [-0.2, -0.15) is 0 Å². The zero-order valence-electron chi connectivity index (χ0n) is 11.9. The molecule has 20 heavy (non-hydrogen) atoms. The predicted octanol–water partition coefficient (Wildman–Crippen LogP) is 3.24. The summed E-state index contributed by atoms with van der Waals surface area (Å²) in [7, 11) is 0. The summed E-state index contributed by atoms with van der Waals surface area (Å²) in [4.78, 5) is 2.28. The molecule has 1 aromatic rings. The van der Waals surface area contributed by atoms with Crippen LogP contribution in [0.5, 0.6) is 0 Å². The lowest BCUT2D eigenvalue weighted by atomic mass is 10.0. The van der Waals surface area contributed by atoms with Gasteiger partial charge in [0.25, 0.3) is 0 Å². The molecular formula is C16H22F2N2. The van der Waals surface area contributed by atoms with E-state index in [1.165, 1.54) is 24.6 Å². The number of benzene rings is 1. The first kappa shape index (κ1) is 14.0. The summed E-state index contributed by atoms with van der Waals surface area (Å²) < 4.78 is 28.0. The van der Waals surface area contributed by atoms with Gasteiger partial charge in [-0.1, -0.05) is 6.07 Å².